The normalized spacial score (nSPS) is 14.5. The minimum atomic E-state index is 0.450. The second-order valence-corrected chi connectivity index (χ2v) is 10.1. The molecule has 2 aromatic heterocycles. The topological polar surface area (TPSA) is 59.0 Å². The second kappa shape index (κ2) is 9.80. The lowest BCUT2D eigenvalue weighted by Crippen LogP contribution is -2.18. The Morgan fingerprint density at radius 3 is 2.68 bits per heavy atom. The first-order valence-corrected chi connectivity index (χ1v) is 12.5. The maximum absolute atomic E-state index is 6.29. The van der Waals surface area contributed by atoms with Gasteiger partial charge in [-0.25, -0.2) is 4.98 Å². The van der Waals surface area contributed by atoms with Crippen LogP contribution < -0.4 is 4.74 Å². The monoisotopic (exact) mass is 477 g/mol. The summed E-state index contributed by atoms with van der Waals surface area (Å²) >= 11 is 6.29. The predicted octanol–water partition coefficient (Wildman–Crippen LogP) is 6.07. The summed E-state index contributed by atoms with van der Waals surface area (Å²) in [5.41, 5.74) is 6.23. The third kappa shape index (κ3) is 5.13. The van der Waals surface area contributed by atoms with Gasteiger partial charge < -0.3 is 9.72 Å². The van der Waals surface area contributed by atoms with Gasteiger partial charge in [0.25, 0.3) is 0 Å². The average Bonchev–Trinajstić information content (AvgIpc) is 3.53. The minimum absolute atomic E-state index is 0.450. The van der Waals surface area contributed by atoms with E-state index in [0.717, 1.165) is 46.1 Å². The average molecular weight is 478 g/mol. The zero-order valence-electron chi connectivity index (χ0n) is 20.1. The van der Waals surface area contributed by atoms with E-state index in [0.29, 0.717) is 24.1 Å². The molecule has 4 aromatic rings. The summed E-state index contributed by atoms with van der Waals surface area (Å²) in [4.78, 5) is 10.8. The van der Waals surface area contributed by atoms with Crippen LogP contribution in [0.2, 0.25) is 5.02 Å². The number of aromatic amines is 1. The number of nitrogens with one attached hydrogen (secondary N) is 1. The molecule has 1 aliphatic heterocycles. The van der Waals surface area contributed by atoms with E-state index >= 15 is 0 Å². The van der Waals surface area contributed by atoms with Crippen LogP contribution in [-0.2, 0) is 13.1 Å². The van der Waals surface area contributed by atoms with E-state index in [4.69, 9.17) is 26.4 Å². The summed E-state index contributed by atoms with van der Waals surface area (Å²) in [5, 5.41) is 5.55. The van der Waals surface area contributed by atoms with Crippen molar-refractivity contribution in [2.75, 3.05) is 19.7 Å². The maximum Gasteiger partial charge on any atom is 0.159 e. The summed E-state index contributed by atoms with van der Waals surface area (Å²) < 4.78 is 8.02. The van der Waals surface area contributed by atoms with Crippen molar-refractivity contribution in [3.8, 4) is 17.3 Å². The van der Waals surface area contributed by atoms with Gasteiger partial charge in [0.15, 0.2) is 5.82 Å². The number of ether oxygens (including phenoxy) is 1. The summed E-state index contributed by atoms with van der Waals surface area (Å²) in [7, 11) is 0. The molecule has 0 unspecified atom stereocenters. The number of likely N-dealkylation sites (tertiary alicyclic amines) is 1. The Morgan fingerprint density at radius 2 is 1.88 bits per heavy atom. The highest BCUT2D eigenvalue weighted by Crippen LogP contribution is 2.27. The summed E-state index contributed by atoms with van der Waals surface area (Å²) in [5.74, 6) is 2.09. The number of nitrogens with zero attached hydrogens (tertiary/aromatic N) is 4. The Labute approximate surface area is 205 Å². The van der Waals surface area contributed by atoms with Crippen molar-refractivity contribution in [1.82, 2.24) is 24.6 Å². The SMILES string of the molecule is Cc1cc(-c2nc3cc(CN4CCCC4)ccc3[nH]2)nn1Cc1cc(Cl)ccc1OCC(C)C. The van der Waals surface area contributed by atoms with Gasteiger partial charge in [0, 0.05) is 22.8 Å². The first-order chi connectivity index (χ1) is 16.4. The standard InChI is InChI=1S/C27H32ClN5O/c1-18(2)17-34-26-9-7-22(28)14-21(26)16-33-19(3)12-25(31-33)27-29-23-8-6-20(13-24(23)30-27)15-32-10-4-5-11-32/h6-9,12-14,18H,4-5,10-11,15-17H2,1-3H3,(H,29,30). The number of aryl methyl sites for hydroxylation is 1. The van der Waals surface area contributed by atoms with E-state index in [1.165, 1.54) is 31.5 Å². The van der Waals surface area contributed by atoms with Gasteiger partial charge in [-0.2, -0.15) is 5.10 Å². The number of benzene rings is 2. The Bertz CT molecular complexity index is 1290. The van der Waals surface area contributed by atoms with Gasteiger partial charge in [0.2, 0.25) is 0 Å². The molecule has 178 valence electrons. The third-order valence-corrected chi connectivity index (χ3v) is 6.53. The van der Waals surface area contributed by atoms with E-state index in [2.05, 4.69) is 54.9 Å². The van der Waals surface area contributed by atoms with Crippen LogP contribution in [0.3, 0.4) is 0 Å². The van der Waals surface area contributed by atoms with E-state index in [9.17, 15) is 0 Å². The van der Waals surface area contributed by atoms with Crippen LogP contribution in [0.5, 0.6) is 5.75 Å². The van der Waals surface area contributed by atoms with Gasteiger partial charge in [-0.05, 0) is 80.7 Å². The number of hydrogen-bond donors (Lipinski definition) is 1. The fourth-order valence-electron chi connectivity index (χ4n) is 4.49. The summed E-state index contributed by atoms with van der Waals surface area (Å²) in [6.45, 7) is 11.0. The third-order valence-electron chi connectivity index (χ3n) is 6.29. The van der Waals surface area contributed by atoms with Gasteiger partial charge in [0.1, 0.15) is 11.4 Å². The number of fused-ring (bicyclic) bond motifs is 1. The number of aromatic nitrogens is 4. The Hall–Kier alpha value is -2.83. The smallest absolute Gasteiger partial charge is 0.159 e. The van der Waals surface area contributed by atoms with Gasteiger partial charge in [-0.1, -0.05) is 31.5 Å². The van der Waals surface area contributed by atoms with Crippen molar-refractivity contribution in [2.24, 2.45) is 5.92 Å². The van der Waals surface area contributed by atoms with Gasteiger partial charge in [-0.3, -0.25) is 9.58 Å². The molecule has 6 nitrogen and oxygen atoms in total. The van der Waals surface area contributed by atoms with E-state index in [-0.39, 0.29) is 0 Å². The largest absolute Gasteiger partial charge is 0.493 e. The van der Waals surface area contributed by atoms with Crippen LogP contribution in [0.1, 0.15) is 43.5 Å². The molecule has 1 aliphatic rings. The summed E-state index contributed by atoms with van der Waals surface area (Å²) in [6.07, 6.45) is 2.61. The fraction of sp³-hybridized carbons (Fsp3) is 0.407. The zero-order valence-corrected chi connectivity index (χ0v) is 20.9. The highest BCUT2D eigenvalue weighted by Gasteiger charge is 2.15. The van der Waals surface area contributed by atoms with Gasteiger partial charge in [0.05, 0.1) is 24.2 Å². The molecule has 0 radical (unpaired) electrons. The first kappa shape index (κ1) is 22.9. The van der Waals surface area contributed by atoms with Crippen LogP contribution in [-0.4, -0.2) is 44.3 Å². The van der Waals surface area contributed by atoms with Crippen molar-refractivity contribution in [3.05, 3.63) is 64.3 Å². The number of imidazole rings is 1. The predicted molar refractivity (Wildman–Crippen MR) is 137 cm³/mol. The van der Waals surface area contributed by atoms with E-state index < -0.39 is 0 Å². The zero-order chi connectivity index (χ0) is 23.7. The second-order valence-electron chi connectivity index (χ2n) is 9.71. The molecule has 5 rings (SSSR count). The lowest BCUT2D eigenvalue weighted by molar-refractivity contribution is 0.268. The minimum Gasteiger partial charge on any atom is -0.493 e. The molecule has 0 spiro atoms. The Morgan fingerprint density at radius 1 is 1.06 bits per heavy atom. The van der Waals surface area contributed by atoms with Crippen molar-refractivity contribution >= 4 is 22.6 Å². The molecule has 1 fully saturated rings. The maximum atomic E-state index is 6.29. The highest BCUT2D eigenvalue weighted by molar-refractivity contribution is 6.30. The molecular weight excluding hydrogens is 446 g/mol. The first-order valence-electron chi connectivity index (χ1n) is 12.1. The molecule has 0 bridgehead atoms. The molecule has 1 N–H and O–H groups in total. The van der Waals surface area contributed by atoms with Gasteiger partial charge in [-0.15, -0.1) is 0 Å². The van der Waals surface area contributed by atoms with Crippen molar-refractivity contribution < 1.29 is 4.74 Å². The molecule has 0 aliphatic carbocycles. The van der Waals surface area contributed by atoms with Crippen LogP contribution >= 0.6 is 11.6 Å². The lowest BCUT2D eigenvalue weighted by Gasteiger charge is -2.14. The molecule has 0 atom stereocenters. The lowest BCUT2D eigenvalue weighted by atomic mass is 10.2. The van der Waals surface area contributed by atoms with E-state index in [1.54, 1.807) is 0 Å². The molecule has 1 saturated heterocycles. The Balaban J connectivity index is 1.38. The van der Waals surface area contributed by atoms with Crippen molar-refractivity contribution in [2.45, 2.75) is 46.7 Å². The molecular formula is C27H32ClN5O. The number of halogens is 1. The molecule has 0 amide bonds. The summed E-state index contributed by atoms with van der Waals surface area (Å²) in [6, 6.07) is 14.4. The van der Waals surface area contributed by atoms with Crippen LogP contribution in [0.4, 0.5) is 0 Å². The van der Waals surface area contributed by atoms with Crippen LogP contribution in [0, 0.1) is 12.8 Å². The molecule has 34 heavy (non-hydrogen) atoms. The molecule has 7 heteroatoms. The Kier molecular flexibility index (Phi) is 6.61. The number of hydrogen-bond acceptors (Lipinski definition) is 4. The highest BCUT2D eigenvalue weighted by atomic mass is 35.5. The van der Waals surface area contributed by atoms with Crippen molar-refractivity contribution in [1.29, 1.82) is 0 Å². The van der Waals surface area contributed by atoms with Crippen LogP contribution in [0.25, 0.3) is 22.6 Å². The van der Waals surface area contributed by atoms with Crippen LogP contribution in [0.15, 0.2) is 42.5 Å². The number of H-pyrrole nitrogens is 1. The fourth-order valence-corrected chi connectivity index (χ4v) is 4.68. The molecule has 3 heterocycles. The van der Waals surface area contributed by atoms with Gasteiger partial charge >= 0.3 is 0 Å². The molecule has 0 saturated carbocycles. The quantitative estimate of drug-likeness (QED) is 0.334. The van der Waals surface area contributed by atoms with Crippen molar-refractivity contribution in [3.63, 3.8) is 0 Å². The van der Waals surface area contributed by atoms with E-state index in [1.807, 2.05) is 22.9 Å². The molecule has 2 aromatic carbocycles. The number of rotatable bonds is 8.